The van der Waals surface area contributed by atoms with Crippen LogP contribution in [-0.4, -0.2) is 40.6 Å². The number of nitro groups is 1. The summed E-state index contributed by atoms with van der Waals surface area (Å²) >= 11 is 6.36. The molecule has 1 N–H and O–H groups in total. The first-order valence-electron chi connectivity index (χ1n) is 17.4. The van der Waals surface area contributed by atoms with Crippen molar-refractivity contribution in [2.24, 2.45) is 5.41 Å². The number of benzene rings is 2. The van der Waals surface area contributed by atoms with Gasteiger partial charge < -0.3 is 9.50 Å². The number of carbonyl (C=O) groups excluding carboxylic acids is 2. The van der Waals surface area contributed by atoms with Crippen LogP contribution in [-0.2, 0) is 19.7 Å². The van der Waals surface area contributed by atoms with Crippen LogP contribution in [0.5, 0.6) is 5.75 Å². The number of anilines is 1. The Morgan fingerprint density at radius 2 is 1.49 bits per heavy atom. The molecular weight excluding hydrogens is 668 g/mol. The number of carbonyl (C=O) groups is 2. The zero-order valence-corrected chi connectivity index (χ0v) is 30.8. The molecule has 0 radical (unpaired) electrons. The molecule has 1 atom stereocenters. The minimum atomic E-state index is -3.90. The van der Waals surface area contributed by atoms with Crippen molar-refractivity contribution in [3.63, 3.8) is 0 Å². The molecule has 0 saturated heterocycles. The van der Waals surface area contributed by atoms with E-state index in [0.717, 1.165) is 19.3 Å². The molecule has 0 saturated carbocycles. The normalized spacial score (nSPS) is 12.6. The highest BCUT2D eigenvalue weighted by Gasteiger charge is 2.38. The lowest BCUT2D eigenvalue weighted by Gasteiger charge is -2.25. The number of fused-ring (bicyclic) bond motifs is 1. The van der Waals surface area contributed by atoms with Crippen molar-refractivity contribution in [1.29, 1.82) is 0 Å². The van der Waals surface area contributed by atoms with Crippen LogP contribution in [0, 0.1) is 15.5 Å². The molecule has 3 rings (SSSR count). The molecule has 1 unspecified atom stereocenters. The van der Waals surface area contributed by atoms with Crippen molar-refractivity contribution in [1.82, 2.24) is 9.78 Å². The van der Waals surface area contributed by atoms with E-state index >= 15 is 0 Å². The van der Waals surface area contributed by atoms with E-state index in [-0.39, 0.29) is 27.9 Å². The summed E-state index contributed by atoms with van der Waals surface area (Å²) in [6.07, 6.45) is 17.6. The van der Waals surface area contributed by atoms with E-state index < -0.39 is 38.2 Å². The summed E-state index contributed by atoms with van der Waals surface area (Å²) in [4.78, 5) is 38.0. The van der Waals surface area contributed by atoms with Gasteiger partial charge >= 0.3 is 10.1 Å². The average Bonchev–Trinajstić information content (AvgIpc) is 3.45. The maximum Gasteiger partial charge on any atom is 0.309 e. The third kappa shape index (κ3) is 12.7. The highest BCUT2D eigenvalue weighted by molar-refractivity contribution is 7.87. The number of non-ortho nitro benzene ring substituents is 1. The first kappa shape index (κ1) is 39.9. The van der Waals surface area contributed by atoms with Gasteiger partial charge in [0.05, 0.1) is 33.1 Å². The van der Waals surface area contributed by atoms with Gasteiger partial charge in [-0.05, 0) is 24.6 Å². The van der Waals surface area contributed by atoms with E-state index in [1.54, 1.807) is 20.8 Å². The first-order valence-corrected chi connectivity index (χ1v) is 19.4. The summed E-state index contributed by atoms with van der Waals surface area (Å²) in [5, 5.41) is 18.6. The zero-order chi connectivity index (χ0) is 36.0. The molecule has 0 aliphatic carbocycles. The van der Waals surface area contributed by atoms with Gasteiger partial charge in [-0.15, -0.1) is 0 Å². The molecule has 1 aromatic heterocycles. The number of nitrogens with one attached hydrogen (secondary N) is 1. The van der Waals surface area contributed by atoms with Crippen molar-refractivity contribution >= 4 is 55.7 Å². The van der Waals surface area contributed by atoms with E-state index in [9.17, 15) is 28.1 Å². The Labute approximate surface area is 295 Å². The van der Waals surface area contributed by atoms with Crippen LogP contribution >= 0.6 is 11.6 Å². The molecule has 270 valence electrons. The second kappa shape index (κ2) is 19.0. The lowest BCUT2D eigenvalue weighted by Crippen LogP contribution is -2.39. The van der Waals surface area contributed by atoms with Gasteiger partial charge in [-0.2, -0.15) is 13.5 Å². The van der Waals surface area contributed by atoms with Crippen LogP contribution in [0.15, 0.2) is 42.6 Å². The van der Waals surface area contributed by atoms with Gasteiger partial charge in [0, 0.05) is 29.0 Å². The number of rotatable bonds is 22. The van der Waals surface area contributed by atoms with Crippen LogP contribution in [0.2, 0.25) is 5.02 Å². The van der Waals surface area contributed by atoms with Gasteiger partial charge in [0.2, 0.25) is 0 Å². The number of nitro benzene ring substituents is 1. The molecule has 0 aliphatic rings. The van der Waals surface area contributed by atoms with Crippen molar-refractivity contribution < 1.29 is 27.1 Å². The maximum absolute atomic E-state index is 13.7. The number of Topliss-reactive ketones (excluding diaryl/α,β-unsaturated/α-hetero) is 1. The van der Waals surface area contributed by atoms with E-state index in [4.69, 9.17) is 15.8 Å². The topological polar surface area (TPSA) is 150 Å². The molecule has 0 aliphatic heterocycles. The SMILES string of the molecule is CCCCCCCCCCCCCCCCS(=O)(=O)Oc1ccc(Cl)c(NC(=O)C(C(=O)C(C)(C)C)n2ncc3cc([N+](=O)[O-])ccc32)c1. The molecule has 3 aromatic rings. The Kier molecular flexibility index (Phi) is 15.5. The number of amides is 1. The molecule has 2 aromatic carbocycles. The number of unbranched alkanes of at least 4 members (excludes halogenated alkanes) is 13. The molecular formula is C36H51ClN4O7S. The monoisotopic (exact) mass is 718 g/mol. The smallest absolute Gasteiger partial charge is 0.309 e. The van der Waals surface area contributed by atoms with Gasteiger partial charge in [-0.3, -0.25) is 19.7 Å². The Morgan fingerprint density at radius 1 is 0.918 bits per heavy atom. The summed E-state index contributed by atoms with van der Waals surface area (Å²) in [6, 6.07) is 6.65. The highest BCUT2D eigenvalue weighted by atomic mass is 35.5. The molecule has 11 nitrogen and oxygen atoms in total. The second-order valence-electron chi connectivity index (χ2n) is 13.7. The summed E-state index contributed by atoms with van der Waals surface area (Å²) in [5.41, 5.74) is -0.717. The van der Waals surface area contributed by atoms with Gasteiger partial charge in [0.1, 0.15) is 5.75 Å². The number of hydrogen-bond acceptors (Lipinski definition) is 8. The second-order valence-corrected chi connectivity index (χ2v) is 15.8. The van der Waals surface area contributed by atoms with Gasteiger partial charge in [0.25, 0.3) is 11.6 Å². The Balaban J connectivity index is 1.55. The fourth-order valence-corrected chi connectivity index (χ4v) is 6.83. The number of halogens is 1. The summed E-state index contributed by atoms with van der Waals surface area (Å²) in [5.74, 6) is -1.40. The van der Waals surface area contributed by atoms with E-state index in [0.29, 0.717) is 17.3 Å². The largest absolute Gasteiger partial charge is 0.382 e. The lowest BCUT2D eigenvalue weighted by atomic mass is 9.86. The zero-order valence-electron chi connectivity index (χ0n) is 29.2. The number of ketones is 1. The van der Waals surface area contributed by atoms with Crippen molar-refractivity contribution in [2.75, 3.05) is 11.1 Å². The number of hydrogen-bond donors (Lipinski definition) is 1. The van der Waals surface area contributed by atoms with Crippen LogP contribution in [0.25, 0.3) is 10.9 Å². The Hall–Kier alpha value is -3.51. The fourth-order valence-electron chi connectivity index (χ4n) is 5.63. The molecule has 0 fully saturated rings. The minimum Gasteiger partial charge on any atom is -0.382 e. The number of nitrogens with zero attached hydrogens (tertiary/aromatic N) is 3. The Morgan fingerprint density at radius 3 is 2.04 bits per heavy atom. The quantitative estimate of drug-likeness (QED) is 0.0355. The van der Waals surface area contributed by atoms with E-state index in [1.165, 1.54) is 111 Å². The van der Waals surface area contributed by atoms with Crippen LogP contribution < -0.4 is 9.50 Å². The maximum atomic E-state index is 13.7. The summed E-state index contributed by atoms with van der Waals surface area (Å²) < 4.78 is 32.1. The predicted molar refractivity (Wildman–Crippen MR) is 195 cm³/mol. The van der Waals surface area contributed by atoms with Crippen molar-refractivity contribution in [3.8, 4) is 5.75 Å². The standard InChI is InChI=1S/C36H51ClN4O7S/c1-5-6-7-8-9-10-11-12-13-14-15-16-17-18-23-49(46,47)48-29-20-21-30(37)31(25-29)39-35(43)33(34(42)36(2,3)4)40-32-22-19-28(41(44)45)24-27(32)26-38-40/h19-22,24-26,33H,5-18,23H2,1-4H3,(H,39,43). The molecule has 13 heteroatoms. The fraction of sp³-hybridized carbons (Fsp3) is 0.583. The van der Waals surface area contributed by atoms with Gasteiger partial charge in [0.15, 0.2) is 11.8 Å². The molecule has 0 bridgehead atoms. The van der Waals surface area contributed by atoms with E-state index in [1.807, 2.05) is 0 Å². The van der Waals surface area contributed by atoms with E-state index in [2.05, 4.69) is 17.3 Å². The predicted octanol–water partition coefficient (Wildman–Crippen LogP) is 9.58. The van der Waals surface area contributed by atoms with Crippen LogP contribution in [0.3, 0.4) is 0 Å². The van der Waals surface area contributed by atoms with Crippen LogP contribution in [0.1, 0.15) is 124 Å². The minimum absolute atomic E-state index is 0.0272. The summed E-state index contributed by atoms with van der Waals surface area (Å²) in [6.45, 7) is 7.22. The lowest BCUT2D eigenvalue weighted by molar-refractivity contribution is -0.384. The number of aromatic nitrogens is 2. The first-order chi connectivity index (χ1) is 23.2. The third-order valence-corrected chi connectivity index (χ3v) is 10.0. The molecule has 1 amide bonds. The summed E-state index contributed by atoms with van der Waals surface area (Å²) in [7, 11) is -3.90. The molecule has 1 heterocycles. The van der Waals surface area contributed by atoms with Gasteiger partial charge in [-0.25, -0.2) is 4.68 Å². The molecule has 49 heavy (non-hydrogen) atoms. The van der Waals surface area contributed by atoms with Gasteiger partial charge in [-0.1, -0.05) is 123 Å². The third-order valence-electron chi connectivity index (χ3n) is 8.44. The van der Waals surface area contributed by atoms with Crippen LogP contribution in [0.4, 0.5) is 11.4 Å². The molecule has 0 spiro atoms. The average molecular weight is 719 g/mol. The highest BCUT2D eigenvalue weighted by Crippen LogP contribution is 2.32. The van der Waals surface area contributed by atoms with Crippen molar-refractivity contribution in [2.45, 2.75) is 124 Å². The Bertz CT molecular complexity index is 1670. The van der Waals surface area contributed by atoms with Crippen molar-refractivity contribution in [3.05, 3.63) is 57.7 Å².